The summed E-state index contributed by atoms with van der Waals surface area (Å²) in [5.74, 6) is 5.71. The molecule has 1 saturated heterocycles. The minimum absolute atomic E-state index is 0.0306. The SMILES string of the molecule is CC(C)N1CCOC(C(Cc2cnccc2N)NN)C1. The Morgan fingerprint density at radius 2 is 2.35 bits per heavy atom. The molecule has 2 rings (SSSR count). The zero-order valence-corrected chi connectivity index (χ0v) is 12.2. The molecule has 5 N–H and O–H groups in total. The van der Waals surface area contributed by atoms with Gasteiger partial charge in [-0.1, -0.05) is 0 Å². The second-order valence-corrected chi connectivity index (χ2v) is 5.55. The Morgan fingerprint density at radius 3 is 3.00 bits per heavy atom. The molecule has 1 aliphatic heterocycles. The van der Waals surface area contributed by atoms with Gasteiger partial charge < -0.3 is 10.5 Å². The van der Waals surface area contributed by atoms with Gasteiger partial charge in [0.25, 0.3) is 0 Å². The lowest BCUT2D eigenvalue weighted by Gasteiger charge is -2.38. The molecule has 1 aromatic rings. The number of morpholine rings is 1. The molecule has 0 aromatic carbocycles. The Labute approximate surface area is 120 Å². The normalized spacial score (nSPS) is 22.1. The minimum Gasteiger partial charge on any atom is -0.398 e. The third-order valence-corrected chi connectivity index (χ3v) is 3.90. The number of nitrogens with one attached hydrogen (secondary N) is 1. The molecular formula is C14H25N5O. The van der Waals surface area contributed by atoms with Gasteiger partial charge >= 0.3 is 0 Å². The highest BCUT2D eigenvalue weighted by molar-refractivity contribution is 5.44. The van der Waals surface area contributed by atoms with Crippen LogP contribution in [0.2, 0.25) is 0 Å². The van der Waals surface area contributed by atoms with Gasteiger partial charge in [-0.15, -0.1) is 0 Å². The monoisotopic (exact) mass is 279 g/mol. The molecule has 2 unspecified atom stereocenters. The molecule has 1 fully saturated rings. The van der Waals surface area contributed by atoms with E-state index in [1.54, 1.807) is 12.4 Å². The van der Waals surface area contributed by atoms with E-state index < -0.39 is 0 Å². The van der Waals surface area contributed by atoms with Gasteiger partial charge in [-0.25, -0.2) is 0 Å². The quantitative estimate of drug-likeness (QED) is 0.525. The molecule has 0 amide bonds. The summed E-state index contributed by atoms with van der Waals surface area (Å²) < 4.78 is 5.88. The second-order valence-electron chi connectivity index (χ2n) is 5.55. The van der Waals surface area contributed by atoms with E-state index in [0.717, 1.165) is 30.9 Å². The second kappa shape index (κ2) is 6.99. The molecule has 1 aliphatic rings. The summed E-state index contributed by atoms with van der Waals surface area (Å²) in [5, 5.41) is 0. The van der Waals surface area contributed by atoms with Crippen molar-refractivity contribution in [1.82, 2.24) is 15.3 Å². The summed E-state index contributed by atoms with van der Waals surface area (Å²) in [4.78, 5) is 6.53. The lowest BCUT2D eigenvalue weighted by atomic mass is 10.0. The van der Waals surface area contributed by atoms with E-state index >= 15 is 0 Å². The molecule has 6 heteroatoms. The molecular weight excluding hydrogens is 254 g/mol. The van der Waals surface area contributed by atoms with Crippen LogP contribution >= 0.6 is 0 Å². The van der Waals surface area contributed by atoms with Gasteiger partial charge in [-0.05, 0) is 31.9 Å². The number of hydrogen-bond donors (Lipinski definition) is 3. The number of nitrogen functional groups attached to an aromatic ring is 1. The maximum Gasteiger partial charge on any atom is 0.0872 e. The Kier molecular flexibility index (Phi) is 5.31. The smallest absolute Gasteiger partial charge is 0.0872 e. The topological polar surface area (TPSA) is 89.4 Å². The van der Waals surface area contributed by atoms with Crippen LogP contribution in [-0.2, 0) is 11.2 Å². The fourth-order valence-electron chi connectivity index (χ4n) is 2.55. The predicted molar refractivity (Wildman–Crippen MR) is 79.9 cm³/mol. The van der Waals surface area contributed by atoms with Crippen molar-refractivity contribution in [1.29, 1.82) is 0 Å². The number of anilines is 1. The fraction of sp³-hybridized carbons (Fsp3) is 0.643. The van der Waals surface area contributed by atoms with E-state index in [-0.39, 0.29) is 12.1 Å². The summed E-state index contributed by atoms with van der Waals surface area (Å²) in [6.45, 7) is 7.00. The average molecular weight is 279 g/mol. The van der Waals surface area contributed by atoms with E-state index in [2.05, 4.69) is 29.2 Å². The van der Waals surface area contributed by atoms with E-state index in [1.165, 1.54) is 0 Å². The van der Waals surface area contributed by atoms with Gasteiger partial charge in [-0.3, -0.25) is 21.2 Å². The lowest BCUT2D eigenvalue weighted by molar-refractivity contribution is -0.0552. The molecule has 0 spiro atoms. The van der Waals surface area contributed by atoms with Crippen LogP contribution < -0.4 is 17.0 Å². The maximum absolute atomic E-state index is 5.97. The number of rotatable bonds is 5. The van der Waals surface area contributed by atoms with Crippen LogP contribution in [-0.4, -0.2) is 47.8 Å². The first-order valence-electron chi connectivity index (χ1n) is 7.12. The molecule has 0 radical (unpaired) electrons. The van der Waals surface area contributed by atoms with Gasteiger partial charge in [0.1, 0.15) is 0 Å². The fourth-order valence-corrected chi connectivity index (χ4v) is 2.55. The molecule has 0 saturated carbocycles. The van der Waals surface area contributed by atoms with Crippen molar-refractivity contribution < 1.29 is 4.74 Å². The van der Waals surface area contributed by atoms with Crippen molar-refractivity contribution in [3.05, 3.63) is 24.0 Å². The van der Waals surface area contributed by atoms with E-state index in [9.17, 15) is 0 Å². The molecule has 2 heterocycles. The standard InChI is InChI=1S/C14H25N5O/c1-10(2)19-5-6-20-14(9-19)13(18-16)7-11-8-17-4-3-12(11)15/h3-4,8,10,13-14,18H,5-7,9,16H2,1-2H3,(H2,15,17). The van der Waals surface area contributed by atoms with Crippen molar-refractivity contribution in [3.63, 3.8) is 0 Å². The van der Waals surface area contributed by atoms with Crippen LogP contribution in [0.25, 0.3) is 0 Å². The van der Waals surface area contributed by atoms with Crippen molar-refractivity contribution in [2.24, 2.45) is 5.84 Å². The Balaban J connectivity index is 2.03. The number of nitrogens with zero attached hydrogens (tertiary/aromatic N) is 2. The third kappa shape index (κ3) is 3.67. The molecule has 0 aliphatic carbocycles. The van der Waals surface area contributed by atoms with E-state index in [1.807, 2.05) is 6.07 Å². The van der Waals surface area contributed by atoms with E-state index in [0.29, 0.717) is 12.5 Å². The van der Waals surface area contributed by atoms with Crippen LogP contribution in [0.3, 0.4) is 0 Å². The highest BCUT2D eigenvalue weighted by Crippen LogP contribution is 2.17. The van der Waals surface area contributed by atoms with Gasteiger partial charge in [0.15, 0.2) is 0 Å². The largest absolute Gasteiger partial charge is 0.398 e. The summed E-state index contributed by atoms with van der Waals surface area (Å²) in [6, 6.07) is 2.36. The molecule has 1 aromatic heterocycles. The van der Waals surface area contributed by atoms with Crippen molar-refractivity contribution in [2.45, 2.75) is 38.5 Å². The zero-order valence-electron chi connectivity index (χ0n) is 12.2. The van der Waals surface area contributed by atoms with Crippen molar-refractivity contribution in [3.8, 4) is 0 Å². The summed E-state index contributed by atoms with van der Waals surface area (Å²) >= 11 is 0. The molecule has 2 atom stereocenters. The average Bonchev–Trinajstić information content (AvgIpc) is 2.46. The first-order chi connectivity index (χ1) is 9.61. The van der Waals surface area contributed by atoms with Gasteiger partial charge in [0.05, 0.1) is 18.8 Å². The summed E-state index contributed by atoms with van der Waals surface area (Å²) in [5.41, 5.74) is 10.6. The van der Waals surface area contributed by atoms with Crippen LogP contribution in [0.1, 0.15) is 19.4 Å². The molecule has 112 valence electrons. The van der Waals surface area contributed by atoms with Crippen LogP contribution in [0.5, 0.6) is 0 Å². The maximum atomic E-state index is 5.97. The van der Waals surface area contributed by atoms with Crippen molar-refractivity contribution in [2.75, 3.05) is 25.4 Å². The van der Waals surface area contributed by atoms with Gasteiger partial charge in [-0.2, -0.15) is 0 Å². The number of hydrogen-bond acceptors (Lipinski definition) is 6. The lowest BCUT2D eigenvalue weighted by Crippen LogP contribution is -2.56. The highest BCUT2D eigenvalue weighted by Gasteiger charge is 2.29. The minimum atomic E-state index is 0.0306. The number of ether oxygens (including phenoxy) is 1. The first-order valence-corrected chi connectivity index (χ1v) is 7.12. The first kappa shape index (κ1) is 15.2. The predicted octanol–water partition coefficient (Wildman–Crippen LogP) is 0.147. The van der Waals surface area contributed by atoms with Crippen LogP contribution in [0.4, 0.5) is 5.69 Å². The van der Waals surface area contributed by atoms with Crippen molar-refractivity contribution >= 4 is 5.69 Å². The third-order valence-electron chi connectivity index (χ3n) is 3.90. The number of aromatic nitrogens is 1. The number of hydrazine groups is 1. The molecule has 6 nitrogen and oxygen atoms in total. The summed E-state index contributed by atoms with van der Waals surface area (Å²) in [6.07, 6.45) is 4.27. The molecule has 0 bridgehead atoms. The van der Waals surface area contributed by atoms with E-state index in [4.69, 9.17) is 16.3 Å². The Hall–Kier alpha value is -1.21. The highest BCUT2D eigenvalue weighted by atomic mass is 16.5. The van der Waals surface area contributed by atoms with Crippen LogP contribution in [0, 0.1) is 0 Å². The summed E-state index contributed by atoms with van der Waals surface area (Å²) in [7, 11) is 0. The van der Waals surface area contributed by atoms with Crippen LogP contribution in [0.15, 0.2) is 18.5 Å². The molecule has 20 heavy (non-hydrogen) atoms. The van der Waals surface area contributed by atoms with Gasteiger partial charge in [0.2, 0.25) is 0 Å². The Morgan fingerprint density at radius 1 is 1.55 bits per heavy atom. The van der Waals surface area contributed by atoms with Gasteiger partial charge in [0, 0.05) is 37.2 Å². The number of pyridine rings is 1. The number of nitrogens with two attached hydrogens (primary N) is 2. The zero-order chi connectivity index (χ0) is 14.5. The Bertz CT molecular complexity index is 426.